The highest BCUT2D eigenvalue weighted by Gasteiger charge is 2.20. The van der Waals surface area contributed by atoms with Gasteiger partial charge < -0.3 is 19.5 Å². The molecule has 2 heterocycles. The van der Waals surface area contributed by atoms with Crippen LogP contribution in [0.25, 0.3) is 0 Å². The second kappa shape index (κ2) is 8.02. The molecule has 7 heteroatoms. The van der Waals surface area contributed by atoms with Gasteiger partial charge >= 0.3 is 0 Å². The van der Waals surface area contributed by atoms with Crippen molar-refractivity contribution < 1.29 is 14.1 Å². The van der Waals surface area contributed by atoms with Crippen LogP contribution in [0.2, 0.25) is 0 Å². The van der Waals surface area contributed by atoms with Crippen molar-refractivity contribution in [2.45, 2.75) is 13.3 Å². The van der Waals surface area contributed by atoms with E-state index in [1.165, 1.54) is 0 Å². The summed E-state index contributed by atoms with van der Waals surface area (Å²) < 4.78 is 10.4. The molecular weight excluding hydrogens is 320 g/mol. The predicted molar refractivity (Wildman–Crippen MR) is 96.1 cm³/mol. The molecule has 2 aromatic rings. The third kappa shape index (κ3) is 4.51. The summed E-state index contributed by atoms with van der Waals surface area (Å²) in [4.78, 5) is 16.6. The monoisotopic (exact) mass is 344 g/mol. The van der Waals surface area contributed by atoms with E-state index >= 15 is 0 Å². The van der Waals surface area contributed by atoms with E-state index in [9.17, 15) is 4.79 Å². The first-order chi connectivity index (χ1) is 12.2. The molecule has 7 nitrogen and oxygen atoms in total. The first kappa shape index (κ1) is 17.3. The number of methoxy groups -OCH3 is 1. The van der Waals surface area contributed by atoms with Crippen molar-refractivity contribution in [1.82, 2.24) is 10.1 Å². The van der Waals surface area contributed by atoms with Gasteiger partial charge in [-0.3, -0.25) is 9.69 Å². The fraction of sp³-hybridized carbons (Fsp3) is 0.444. The van der Waals surface area contributed by atoms with Crippen molar-refractivity contribution in [3.8, 4) is 5.75 Å². The number of aromatic nitrogens is 1. The number of carbonyl (C=O) groups excluding carboxylic acids is 1. The van der Waals surface area contributed by atoms with Crippen LogP contribution in [0.5, 0.6) is 5.75 Å². The van der Waals surface area contributed by atoms with E-state index < -0.39 is 0 Å². The Hall–Kier alpha value is -2.54. The number of nitrogens with one attached hydrogen (secondary N) is 1. The van der Waals surface area contributed by atoms with Gasteiger partial charge in [-0.05, 0) is 19.1 Å². The Bertz CT molecular complexity index is 708. The summed E-state index contributed by atoms with van der Waals surface area (Å²) in [5.74, 6) is 2.02. The van der Waals surface area contributed by atoms with E-state index in [0.717, 1.165) is 44.2 Å². The van der Waals surface area contributed by atoms with Gasteiger partial charge in [-0.25, -0.2) is 0 Å². The third-order valence-corrected chi connectivity index (χ3v) is 4.35. The number of para-hydroxylation sites is 2. The zero-order valence-electron chi connectivity index (χ0n) is 14.7. The van der Waals surface area contributed by atoms with E-state index in [0.29, 0.717) is 18.0 Å². The van der Waals surface area contributed by atoms with Crippen molar-refractivity contribution in [1.29, 1.82) is 0 Å². The summed E-state index contributed by atoms with van der Waals surface area (Å²) >= 11 is 0. The molecule has 0 atom stereocenters. The molecule has 0 spiro atoms. The van der Waals surface area contributed by atoms with Gasteiger partial charge in [0.1, 0.15) is 11.5 Å². The number of amides is 1. The molecule has 1 aliphatic rings. The zero-order valence-corrected chi connectivity index (χ0v) is 14.7. The standard InChI is InChI=1S/C18H24N4O3/c1-14-13-17(20-25-14)19-18(23)7-8-21-9-11-22(12-10-21)15-5-3-4-6-16(15)24-2/h3-6,13H,7-12H2,1-2H3,(H,19,20,23). The number of anilines is 2. The number of carbonyl (C=O) groups is 1. The van der Waals surface area contributed by atoms with Crippen molar-refractivity contribution >= 4 is 17.4 Å². The Morgan fingerprint density at radius 1 is 1.28 bits per heavy atom. The number of hydrogen-bond donors (Lipinski definition) is 1. The van der Waals surface area contributed by atoms with Crippen LogP contribution in [0.1, 0.15) is 12.2 Å². The summed E-state index contributed by atoms with van der Waals surface area (Å²) in [5.41, 5.74) is 1.13. The SMILES string of the molecule is COc1ccccc1N1CCN(CCC(=O)Nc2cc(C)on2)CC1. The maximum atomic E-state index is 12.0. The molecule has 25 heavy (non-hydrogen) atoms. The molecule has 0 aliphatic carbocycles. The Morgan fingerprint density at radius 2 is 2.04 bits per heavy atom. The van der Waals surface area contributed by atoms with Crippen molar-refractivity contribution in [2.24, 2.45) is 0 Å². The minimum Gasteiger partial charge on any atom is -0.495 e. The molecular formula is C18H24N4O3. The smallest absolute Gasteiger partial charge is 0.226 e. The molecule has 0 bridgehead atoms. The number of ether oxygens (including phenoxy) is 1. The van der Waals surface area contributed by atoms with Gasteiger partial charge in [0.05, 0.1) is 12.8 Å². The molecule has 1 aromatic carbocycles. The van der Waals surface area contributed by atoms with Crippen LogP contribution in [0.4, 0.5) is 11.5 Å². The molecule has 1 amide bonds. The maximum Gasteiger partial charge on any atom is 0.226 e. The van der Waals surface area contributed by atoms with E-state index in [1.54, 1.807) is 20.1 Å². The van der Waals surface area contributed by atoms with Crippen LogP contribution in [0.3, 0.4) is 0 Å². The van der Waals surface area contributed by atoms with Crippen LogP contribution >= 0.6 is 0 Å². The minimum atomic E-state index is -0.0412. The van der Waals surface area contributed by atoms with Crippen molar-refractivity contribution in [3.63, 3.8) is 0 Å². The van der Waals surface area contributed by atoms with E-state index in [-0.39, 0.29) is 5.91 Å². The lowest BCUT2D eigenvalue weighted by Crippen LogP contribution is -2.47. The highest BCUT2D eigenvalue weighted by Crippen LogP contribution is 2.28. The zero-order chi connectivity index (χ0) is 17.6. The maximum absolute atomic E-state index is 12.0. The molecule has 1 aliphatic heterocycles. The number of aryl methyl sites for hydroxylation is 1. The molecule has 1 aromatic heterocycles. The summed E-state index contributed by atoms with van der Waals surface area (Å²) in [5, 5.41) is 6.53. The second-order valence-corrected chi connectivity index (χ2v) is 6.12. The molecule has 1 saturated heterocycles. The van der Waals surface area contributed by atoms with E-state index in [1.807, 2.05) is 18.2 Å². The summed E-state index contributed by atoms with van der Waals surface area (Å²) in [6.45, 7) is 6.23. The van der Waals surface area contributed by atoms with Crippen molar-refractivity contribution in [3.05, 3.63) is 36.1 Å². The lowest BCUT2D eigenvalue weighted by molar-refractivity contribution is -0.116. The van der Waals surface area contributed by atoms with Crippen molar-refractivity contribution in [2.75, 3.05) is 50.1 Å². The normalized spacial score (nSPS) is 15.2. The van der Waals surface area contributed by atoms with Gasteiger partial charge in [-0.15, -0.1) is 0 Å². The molecule has 0 unspecified atom stereocenters. The molecule has 0 radical (unpaired) electrons. The van der Waals surface area contributed by atoms with Gasteiger partial charge in [0.15, 0.2) is 5.82 Å². The van der Waals surface area contributed by atoms with Gasteiger partial charge in [-0.1, -0.05) is 17.3 Å². The lowest BCUT2D eigenvalue weighted by atomic mass is 10.2. The Kier molecular flexibility index (Phi) is 5.55. The average molecular weight is 344 g/mol. The topological polar surface area (TPSA) is 70.8 Å². The number of piperazine rings is 1. The number of rotatable bonds is 6. The van der Waals surface area contributed by atoms with E-state index in [4.69, 9.17) is 9.26 Å². The van der Waals surface area contributed by atoms with Gasteiger partial charge in [0.2, 0.25) is 5.91 Å². The number of hydrogen-bond acceptors (Lipinski definition) is 6. The minimum absolute atomic E-state index is 0.0412. The molecule has 134 valence electrons. The van der Waals surface area contributed by atoms with Crippen LogP contribution in [0, 0.1) is 6.92 Å². The molecule has 1 fully saturated rings. The highest BCUT2D eigenvalue weighted by atomic mass is 16.5. The van der Waals surface area contributed by atoms with Crippen LogP contribution < -0.4 is 15.0 Å². The lowest BCUT2D eigenvalue weighted by Gasteiger charge is -2.36. The Balaban J connectivity index is 1.44. The van der Waals surface area contributed by atoms with Crippen LogP contribution in [-0.2, 0) is 4.79 Å². The fourth-order valence-electron chi connectivity index (χ4n) is 2.99. The van der Waals surface area contributed by atoms with Crippen LogP contribution in [0.15, 0.2) is 34.9 Å². The number of benzene rings is 1. The Morgan fingerprint density at radius 3 is 2.72 bits per heavy atom. The van der Waals surface area contributed by atoms with E-state index in [2.05, 4.69) is 26.3 Å². The number of nitrogens with zero attached hydrogens (tertiary/aromatic N) is 3. The van der Waals surface area contributed by atoms with Gasteiger partial charge in [-0.2, -0.15) is 0 Å². The molecule has 3 rings (SSSR count). The molecule has 0 saturated carbocycles. The molecule has 1 N–H and O–H groups in total. The van der Waals surface area contributed by atoms with Gasteiger partial charge in [0.25, 0.3) is 0 Å². The van der Waals surface area contributed by atoms with Gasteiger partial charge in [0, 0.05) is 45.2 Å². The second-order valence-electron chi connectivity index (χ2n) is 6.12. The summed E-state index contributed by atoms with van der Waals surface area (Å²) in [6, 6.07) is 9.79. The average Bonchev–Trinajstić information content (AvgIpc) is 3.05. The first-order valence-electron chi connectivity index (χ1n) is 8.49. The quantitative estimate of drug-likeness (QED) is 0.866. The first-order valence-corrected chi connectivity index (χ1v) is 8.49. The Labute approximate surface area is 147 Å². The third-order valence-electron chi connectivity index (χ3n) is 4.35. The highest BCUT2D eigenvalue weighted by molar-refractivity contribution is 5.89. The predicted octanol–water partition coefficient (Wildman–Crippen LogP) is 2.14. The summed E-state index contributed by atoms with van der Waals surface area (Å²) in [6.07, 6.45) is 0.445. The van der Waals surface area contributed by atoms with Crippen LogP contribution in [-0.4, -0.2) is 55.8 Å². The largest absolute Gasteiger partial charge is 0.495 e. The summed E-state index contributed by atoms with van der Waals surface area (Å²) in [7, 11) is 1.70. The fourth-order valence-corrected chi connectivity index (χ4v) is 2.99.